The fraction of sp³-hybridized carbons (Fsp3) is 0.316. The Balaban J connectivity index is 1.69. The van der Waals surface area contributed by atoms with Crippen LogP contribution in [0.25, 0.3) is 0 Å². The number of nitrogens with one attached hydrogen (secondary N) is 1. The number of anilines is 1. The highest BCUT2D eigenvalue weighted by atomic mass is 35.5. The number of amides is 1. The number of carbonyl (C=O) groups excluding carboxylic acids is 1. The molecule has 1 aliphatic heterocycles. The quantitative estimate of drug-likeness (QED) is 0.597. The average molecular weight is 496 g/mol. The number of rotatable bonds is 5. The molecule has 156 valence electrons. The minimum atomic E-state index is -3.64. The summed E-state index contributed by atoms with van der Waals surface area (Å²) in [4.78, 5) is 12.7. The summed E-state index contributed by atoms with van der Waals surface area (Å²) in [6.07, 6.45) is 1.18. The maximum atomic E-state index is 12.9. The van der Waals surface area contributed by atoms with Crippen LogP contribution in [0.2, 0.25) is 20.1 Å². The summed E-state index contributed by atoms with van der Waals surface area (Å²) in [5.41, 5.74) is 0.941. The van der Waals surface area contributed by atoms with E-state index in [0.29, 0.717) is 50.7 Å². The lowest BCUT2D eigenvalue weighted by atomic mass is 9.99. The molecule has 1 aliphatic rings. The Morgan fingerprint density at radius 1 is 1.03 bits per heavy atom. The Bertz CT molecular complexity index is 1010. The van der Waals surface area contributed by atoms with Crippen molar-refractivity contribution in [2.75, 3.05) is 18.4 Å². The number of nitrogens with zero attached hydrogens (tertiary/aromatic N) is 1. The smallest absolute Gasteiger partial charge is 0.228 e. The molecule has 5 nitrogen and oxygen atoms in total. The van der Waals surface area contributed by atoms with Crippen LogP contribution in [0.4, 0.5) is 5.69 Å². The van der Waals surface area contributed by atoms with Gasteiger partial charge in [0.15, 0.2) is 0 Å². The molecule has 1 atom stereocenters. The van der Waals surface area contributed by atoms with E-state index in [-0.39, 0.29) is 18.2 Å². The van der Waals surface area contributed by atoms with E-state index in [2.05, 4.69) is 5.32 Å². The first kappa shape index (κ1) is 22.7. The summed E-state index contributed by atoms with van der Waals surface area (Å²) in [6, 6.07) is 9.45. The van der Waals surface area contributed by atoms with Gasteiger partial charge in [0.2, 0.25) is 15.9 Å². The maximum Gasteiger partial charge on any atom is 0.228 e. The lowest BCUT2D eigenvalue weighted by Gasteiger charge is -2.31. The van der Waals surface area contributed by atoms with E-state index in [4.69, 9.17) is 46.4 Å². The number of sulfonamides is 1. The van der Waals surface area contributed by atoms with Crippen molar-refractivity contribution in [3.05, 3.63) is 62.1 Å². The first-order valence-corrected chi connectivity index (χ1v) is 11.9. The molecule has 1 N–H and O–H groups in total. The van der Waals surface area contributed by atoms with Crippen molar-refractivity contribution in [2.24, 2.45) is 5.92 Å². The molecule has 3 rings (SSSR count). The SMILES string of the molecule is O=C(Nc1cc(Cl)cc(Cl)c1)[C@@H]1CCCN(S(=O)(=O)Cc2ccc(Cl)cc2Cl)C1. The van der Waals surface area contributed by atoms with Gasteiger partial charge in [-0.15, -0.1) is 0 Å². The fourth-order valence-corrected chi connectivity index (χ4v) is 5.93. The van der Waals surface area contributed by atoms with Crippen molar-refractivity contribution in [1.29, 1.82) is 0 Å². The van der Waals surface area contributed by atoms with E-state index in [1.54, 1.807) is 30.3 Å². The van der Waals surface area contributed by atoms with Crippen LogP contribution in [-0.4, -0.2) is 31.7 Å². The monoisotopic (exact) mass is 494 g/mol. The van der Waals surface area contributed by atoms with Crippen molar-refractivity contribution in [3.63, 3.8) is 0 Å². The van der Waals surface area contributed by atoms with Gasteiger partial charge in [-0.1, -0.05) is 52.5 Å². The largest absolute Gasteiger partial charge is 0.326 e. The van der Waals surface area contributed by atoms with Crippen LogP contribution < -0.4 is 5.32 Å². The van der Waals surface area contributed by atoms with Crippen LogP contribution in [0.15, 0.2) is 36.4 Å². The third kappa shape index (κ3) is 6.00. The zero-order valence-corrected chi connectivity index (χ0v) is 19.0. The molecule has 0 saturated carbocycles. The zero-order chi connectivity index (χ0) is 21.2. The highest BCUT2D eigenvalue weighted by molar-refractivity contribution is 7.88. The van der Waals surface area contributed by atoms with Crippen molar-refractivity contribution >= 4 is 68.0 Å². The van der Waals surface area contributed by atoms with Crippen LogP contribution >= 0.6 is 46.4 Å². The Morgan fingerprint density at radius 2 is 1.72 bits per heavy atom. The van der Waals surface area contributed by atoms with E-state index in [1.165, 1.54) is 10.4 Å². The van der Waals surface area contributed by atoms with E-state index in [0.717, 1.165) is 0 Å². The van der Waals surface area contributed by atoms with Crippen molar-refractivity contribution < 1.29 is 13.2 Å². The van der Waals surface area contributed by atoms with Gasteiger partial charge in [-0.05, 0) is 48.7 Å². The molecule has 0 aromatic heterocycles. The summed E-state index contributed by atoms with van der Waals surface area (Å²) < 4.78 is 27.1. The van der Waals surface area contributed by atoms with Gasteiger partial charge < -0.3 is 5.32 Å². The minimum Gasteiger partial charge on any atom is -0.326 e. The van der Waals surface area contributed by atoms with Crippen LogP contribution in [0.3, 0.4) is 0 Å². The lowest BCUT2D eigenvalue weighted by molar-refractivity contribution is -0.120. The molecule has 0 radical (unpaired) electrons. The summed E-state index contributed by atoms with van der Waals surface area (Å²) in [5.74, 6) is -0.994. The molecule has 1 fully saturated rings. The minimum absolute atomic E-state index is 0.105. The topological polar surface area (TPSA) is 66.5 Å². The zero-order valence-electron chi connectivity index (χ0n) is 15.2. The summed E-state index contributed by atoms with van der Waals surface area (Å²) in [7, 11) is -3.64. The molecule has 0 bridgehead atoms. The normalized spacial score (nSPS) is 17.9. The fourth-order valence-electron chi connectivity index (χ4n) is 3.21. The van der Waals surface area contributed by atoms with Gasteiger partial charge >= 0.3 is 0 Å². The second kappa shape index (κ2) is 9.41. The van der Waals surface area contributed by atoms with E-state index < -0.39 is 15.9 Å². The van der Waals surface area contributed by atoms with E-state index in [9.17, 15) is 13.2 Å². The molecule has 1 amide bonds. The average Bonchev–Trinajstić information content (AvgIpc) is 2.63. The molecule has 1 saturated heterocycles. The Hall–Kier alpha value is -1.02. The number of halogens is 4. The van der Waals surface area contributed by atoms with E-state index >= 15 is 0 Å². The molecule has 0 aliphatic carbocycles. The van der Waals surface area contributed by atoms with Gasteiger partial charge in [-0.2, -0.15) is 0 Å². The van der Waals surface area contributed by atoms with Gasteiger partial charge in [-0.3, -0.25) is 4.79 Å². The molecule has 29 heavy (non-hydrogen) atoms. The molecule has 2 aromatic carbocycles. The molecule has 0 unspecified atom stereocenters. The predicted octanol–water partition coefficient (Wildman–Crippen LogP) is 5.48. The molecular formula is C19H18Cl4N2O3S. The maximum absolute atomic E-state index is 12.9. The van der Waals surface area contributed by atoms with Crippen LogP contribution in [0, 0.1) is 5.92 Å². The third-order valence-corrected chi connectivity index (χ3v) is 7.45. The van der Waals surface area contributed by atoms with Crippen LogP contribution in [0.5, 0.6) is 0 Å². The highest BCUT2D eigenvalue weighted by Crippen LogP contribution is 2.28. The van der Waals surface area contributed by atoms with Gasteiger partial charge in [0.05, 0.1) is 11.7 Å². The Morgan fingerprint density at radius 3 is 2.38 bits per heavy atom. The first-order valence-electron chi connectivity index (χ1n) is 8.83. The second-order valence-electron chi connectivity index (χ2n) is 6.84. The van der Waals surface area contributed by atoms with Gasteiger partial charge in [-0.25, -0.2) is 12.7 Å². The number of carbonyl (C=O) groups is 1. The number of piperidine rings is 1. The Labute approximate surface area is 189 Å². The predicted molar refractivity (Wildman–Crippen MR) is 118 cm³/mol. The second-order valence-corrected chi connectivity index (χ2v) is 10.5. The van der Waals surface area contributed by atoms with Crippen molar-refractivity contribution in [2.45, 2.75) is 18.6 Å². The molecule has 0 spiro atoms. The Kier molecular flexibility index (Phi) is 7.36. The number of hydrogen-bond acceptors (Lipinski definition) is 3. The molecule has 1 heterocycles. The van der Waals surface area contributed by atoms with Gasteiger partial charge in [0.1, 0.15) is 0 Å². The lowest BCUT2D eigenvalue weighted by Crippen LogP contribution is -2.44. The summed E-state index contributed by atoms with van der Waals surface area (Å²) in [5, 5.41) is 4.31. The number of hydrogen-bond donors (Lipinski definition) is 1. The molecular weight excluding hydrogens is 478 g/mol. The van der Waals surface area contributed by atoms with E-state index in [1.807, 2.05) is 0 Å². The summed E-state index contributed by atoms with van der Waals surface area (Å²) in [6.45, 7) is 0.466. The van der Waals surface area contributed by atoms with Gasteiger partial charge in [0.25, 0.3) is 0 Å². The van der Waals surface area contributed by atoms with Crippen LogP contribution in [-0.2, 0) is 20.6 Å². The number of benzene rings is 2. The van der Waals surface area contributed by atoms with Crippen molar-refractivity contribution in [3.8, 4) is 0 Å². The van der Waals surface area contributed by atoms with Gasteiger partial charge in [0, 0.05) is 38.9 Å². The summed E-state index contributed by atoms with van der Waals surface area (Å²) >= 11 is 23.9. The third-order valence-electron chi connectivity index (χ3n) is 4.63. The first-order chi connectivity index (χ1) is 13.6. The van der Waals surface area contributed by atoms with Crippen molar-refractivity contribution in [1.82, 2.24) is 4.31 Å². The van der Waals surface area contributed by atoms with Crippen LogP contribution in [0.1, 0.15) is 18.4 Å². The highest BCUT2D eigenvalue weighted by Gasteiger charge is 2.32. The molecule has 2 aromatic rings. The molecule has 10 heteroatoms. The standard InChI is InChI=1S/C19H18Cl4N2O3S/c20-14-4-3-13(18(23)9-14)11-29(27,28)25-5-1-2-12(10-25)19(26)24-17-7-15(21)6-16(22)8-17/h3-4,6-9,12H,1-2,5,10-11H2,(H,24,26)/t12-/m1/s1.